The van der Waals surface area contributed by atoms with E-state index in [1.807, 2.05) is 25.3 Å². The summed E-state index contributed by atoms with van der Waals surface area (Å²) in [5.74, 6) is 0. The molecule has 3 rings (SSSR count). The number of nitrogens with zero attached hydrogens (tertiary/aromatic N) is 4. The number of aromatic nitrogens is 4. The van der Waals surface area contributed by atoms with Crippen molar-refractivity contribution < 1.29 is 0 Å². The number of fused-ring (bicyclic) bond motifs is 1. The normalized spacial score (nSPS) is 11.1. The first kappa shape index (κ1) is 12.9. The Labute approximate surface area is 120 Å². The highest BCUT2D eigenvalue weighted by Gasteiger charge is 2.10. The van der Waals surface area contributed by atoms with Crippen LogP contribution in [0, 0.1) is 6.92 Å². The summed E-state index contributed by atoms with van der Waals surface area (Å²) in [6.07, 6.45) is 4.38. The lowest BCUT2D eigenvalue weighted by Crippen LogP contribution is -2.21. The summed E-state index contributed by atoms with van der Waals surface area (Å²) in [5.41, 5.74) is 2.73. The number of rotatable bonds is 3. The average molecular weight is 286 g/mol. The molecule has 20 heavy (non-hydrogen) atoms. The molecule has 0 saturated carbocycles. The fraction of sp³-hybridized carbons (Fsp3) is 0.286. The second-order valence-corrected chi connectivity index (χ2v) is 5.39. The minimum Gasteiger partial charge on any atom is -0.293 e. The quantitative estimate of drug-likeness (QED) is 0.740. The zero-order valence-electron chi connectivity index (χ0n) is 11.3. The van der Waals surface area contributed by atoms with Crippen molar-refractivity contribution in [2.24, 2.45) is 0 Å². The van der Waals surface area contributed by atoms with Crippen LogP contribution in [0.2, 0.25) is 0 Å². The Morgan fingerprint density at radius 2 is 2.15 bits per heavy atom. The lowest BCUT2D eigenvalue weighted by Gasteiger charge is -2.05. The molecule has 0 aliphatic heterocycles. The molecule has 0 aromatic carbocycles. The third-order valence-electron chi connectivity index (χ3n) is 3.26. The van der Waals surface area contributed by atoms with Crippen molar-refractivity contribution in [1.29, 1.82) is 0 Å². The second kappa shape index (κ2) is 5.13. The SMILES string of the molecule is CCc1ccc(Cn2cnc3snc(C)c3c2=O)nc1. The van der Waals surface area contributed by atoms with Crippen molar-refractivity contribution in [3.05, 3.63) is 52.0 Å². The largest absolute Gasteiger partial charge is 0.293 e. The summed E-state index contributed by atoms with van der Waals surface area (Å²) in [5, 5.41) is 0.614. The summed E-state index contributed by atoms with van der Waals surface area (Å²) in [6, 6.07) is 3.99. The first-order valence-corrected chi connectivity index (χ1v) is 7.21. The molecule has 102 valence electrons. The summed E-state index contributed by atoms with van der Waals surface area (Å²) in [4.78, 5) is 21.8. The first-order valence-electron chi connectivity index (χ1n) is 6.44. The molecule has 0 atom stereocenters. The van der Waals surface area contributed by atoms with Crippen LogP contribution in [0.5, 0.6) is 0 Å². The molecule has 0 fully saturated rings. The van der Waals surface area contributed by atoms with Gasteiger partial charge in [-0.05, 0) is 36.5 Å². The van der Waals surface area contributed by atoms with Crippen LogP contribution < -0.4 is 5.56 Å². The second-order valence-electron chi connectivity index (χ2n) is 4.64. The molecule has 0 spiro atoms. The van der Waals surface area contributed by atoms with Gasteiger partial charge in [-0.2, -0.15) is 4.37 Å². The predicted octanol–water partition coefficient (Wildman–Crippen LogP) is 2.17. The van der Waals surface area contributed by atoms with E-state index in [2.05, 4.69) is 21.3 Å². The van der Waals surface area contributed by atoms with E-state index in [1.165, 1.54) is 17.1 Å². The van der Waals surface area contributed by atoms with Crippen LogP contribution in [0.3, 0.4) is 0 Å². The molecular weight excluding hydrogens is 272 g/mol. The minimum atomic E-state index is -0.0531. The Morgan fingerprint density at radius 1 is 1.30 bits per heavy atom. The third-order valence-corrected chi connectivity index (χ3v) is 4.11. The van der Waals surface area contributed by atoms with E-state index in [0.29, 0.717) is 16.8 Å². The van der Waals surface area contributed by atoms with E-state index in [9.17, 15) is 4.79 Å². The first-order chi connectivity index (χ1) is 9.69. The van der Waals surface area contributed by atoms with Crippen LogP contribution in [-0.4, -0.2) is 18.9 Å². The number of hydrogen-bond acceptors (Lipinski definition) is 5. The van der Waals surface area contributed by atoms with E-state index in [-0.39, 0.29) is 5.56 Å². The summed E-state index contributed by atoms with van der Waals surface area (Å²) in [7, 11) is 0. The van der Waals surface area contributed by atoms with Crippen molar-refractivity contribution in [2.75, 3.05) is 0 Å². The van der Waals surface area contributed by atoms with Gasteiger partial charge in [-0.1, -0.05) is 13.0 Å². The summed E-state index contributed by atoms with van der Waals surface area (Å²) < 4.78 is 5.76. The molecule has 0 aliphatic carbocycles. The van der Waals surface area contributed by atoms with E-state index >= 15 is 0 Å². The molecule has 3 aromatic rings. The van der Waals surface area contributed by atoms with Crippen LogP contribution >= 0.6 is 11.5 Å². The Bertz CT molecular complexity index is 804. The van der Waals surface area contributed by atoms with Gasteiger partial charge < -0.3 is 0 Å². The summed E-state index contributed by atoms with van der Waals surface area (Å²) >= 11 is 1.26. The topological polar surface area (TPSA) is 60.7 Å². The Morgan fingerprint density at radius 3 is 2.85 bits per heavy atom. The standard InChI is InChI=1S/C14H14N4OS/c1-3-10-4-5-11(15-6-10)7-18-8-16-13-12(14(18)19)9(2)17-20-13/h4-6,8H,3,7H2,1-2H3. The van der Waals surface area contributed by atoms with Crippen molar-refractivity contribution in [2.45, 2.75) is 26.8 Å². The molecule has 3 heterocycles. The van der Waals surface area contributed by atoms with E-state index in [4.69, 9.17) is 0 Å². The maximum absolute atomic E-state index is 12.4. The van der Waals surface area contributed by atoms with Crippen molar-refractivity contribution in [3.8, 4) is 0 Å². The lowest BCUT2D eigenvalue weighted by atomic mass is 10.2. The molecule has 5 nitrogen and oxygen atoms in total. The molecule has 0 bridgehead atoms. The highest BCUT2D eigenvalue weighted by molar-refractivity contribution is 7.12. The highest BCUT2D eigenvalue weighted by Crippen LogP contribution is 2.15. The Hall–Kier alpha value is -2.08. The Balaban J connectivity index is 1.99. The van der Waals surface area contributed by atoms with Crippen LogP contribution in [-0.2, 0) is 13.0 Å². The van der Waals surface area contributed by atoms with Gasteiger partial charge in [0.2, 0.25) is 0 Å². The molecule has 0 saturated heterocycles. The predicted molar refractivity (Wildman–Crippen MR) is 79.1 cm³/mol. The number of pyridine rings is 1. The van der Waals surface area contributed by atoms with Gasteiger partial charge in [-0.3, -0.25) is 14.3 Å². The van der Waals surface area contributed by atoms with Crippen molar-refractivity contribution in [1.82, 2.24) is 18.9 Å². The fourth-order valence-corrected chi connectivity index (χ4v) is 2.79. The minimum absolute atomic E-state index is 0.0531. The van der Waals surface area contributed by atoms with Crippen LogP contribution in [0.1, 0.15) is 23.9 Å². The van der Waals surface area contributed by atoms with E-state index in [0.717, 1.165) is 17.8 Å². The van der Waals surface area contributed by atoms with Gasteiger partial charge in [0, 0.05) is 6.20 Å². The van der Waals surface area contributed by atoms with Gasteiger partial charge >= 0.3 is 0 Å². The van der Waals surface area contributed by atoms with Gasteiger partial charge in [0.15, 0.2) is 4.83 Å². The average Bonchev–Trinajstić information content (AvgIpc) is 2.85. The maximum atomic E-state index is 12.4. The zero-order valence-corrected chi connectivity index (χ0v) is 12.1. The highest BCUT2D eigenvalue weighted by atomic mass is 32.1. The fourth-order valence-electron chi connectivity index (χ4n) is 2.06. The number of aryl methyl sites for hydroxylation is 2. The van der Waals surface area contributed by atoms with Gasteiger partial charge in [0.25, 0.3) is 5.56 Å². The van der Waals surface area contributed by atoms with Crippen LogP contribution in [0.15, 0.2) is 29.5 Å². The number of hydrogen-bond donors (Lipinski definition) is 0. The summed E-state index contributed by atoms with van der Waals surface area (Å²) in [6.45, 7) is 4.35. The monoisotopic (exact) mass is 286 g/mol. The van der Waals surface area contributed by atoms with Gasteiger partial charge in [-0.25, -0.2) is 4.98 Å². The molecule has 0 N–H and O–H groups in total. The zero-order chi connectivity index (χ0) is 14.1. The molecule has 0 aliphatic rings. The molecule has 0 radical (unpaired) electrons. The van der Waals surface area contributed by atoms with E-state index in [1.54, 1.807) is 10.9 Å². The lowest BCUT2D eigenvalue weighted by molar-refractivity contribution is 0.729. The van der Waals surface area contributed by atoms with Gasteiger partial charge in [0.1, 0.15) is 0 Å². The van der Waals surface area contributed by atoms with Crippen molar-refractivity contribution in [3.63, 3.8) is 0 Å². The Kier molecular flexibility index (Phi) is 3.31. The molecule has 0 amide bonds. The smallest absolute Gasteiger partial charge is 0.264 e. The van der Waals surface area contributed by atoms with Gasteiger partial charge in [-0.15, -0.1) is 0 Å². The van der Waals surface area contributed by atoms with Crippen molar-refractivity contribution >= 4 is 21.7 Å². The van der Waals surface area contributed by atoms with E-state index < -0.39 is 0 Å². The maximum Gasteiger partial charge on any atom is 0.264 e. The van der Waals surface area contributed by atoms with Gasteiger partial charge in [0.05, 0.1) is 29.6 Å². The third kappa shape index (κ3) is 2.22. The molecule has 6 heteroatoms. The van der Waals surface area contributed by atoms with Crippen LogP contribution in [0.25, 0.3) is 10.2 Å². The molecule has 3 aromatic heterocycles. The molecular formula is C14H14N4OS. The van der Waals surface area contributed by atoms with Crippen LogP contribution in [0.4, 0.5) is 0 Å². The molecule has 0 unspecified atom stereocenters.